The monoisotopic (exact) mass is 264 g/mol. The summed E-state index contributed by atoms with van der Waals surface area (Å²) in [6.07, 6.45) is -2.03. The van der Waals surface area contributed by atoms with Crippen molar-refractivity contribution in [2.45, 2.75) is 12.2 Å². The van der Waals surface area contributed by atoms with Gasteiger partial charge >= 0.3 is 0 Å². The van der Waals surface area contributed by atoms with Gasteiger partial charge < -0.3 is 9.84 Å². The molecule has 0 saturated heterocycles. The van der Waals surface area contributed by atoms with E-state index >= 15 is 0 Å². The van der Waals surface area contributed by atoms with E-state index in [0.29, 0.717) is 5.56 Å². The fraction of sp³-hybridized carbons (Fsp3) is 0.200. The van der Waals surface area contributed by atoms with Crippen LogP contribution in [0.25, 0.3) is 0 Å². The lowest BCUT2D eigenvalue weighted by atomic mass is 9.97. The molecule has 100 valence electrons. The highest BCUT2D eigenvalue weighted by Gasteiger charge is 2.25. The van der Waals surface area contributed by atoms with E-state index in [2.05, 4.69) is 0 Å². The summed E-state index contributed by atoms with van der Waals surface area (Å²) in [6.45, 7) is 0. The number of halogens is 2. The maximum Gasteiger partial charge on any atom is 0.129 e. The van der Waals surface area contributed by atoms with Gasteiger partial charge in [0.15, 0.2) is 0 Å². The lowest BCUT2D eigenvalue weighted by Gasteiger charge is -2.22. The van der Waals surface area contributed by atoms with Gasteiger partial charge in [0, 0.05) is 12.7 Å². The van der Waals surface area contributed by atoms with E-state index in [1.807, 2.05) is 6.07 Å². The van der Waals surface area contributed by atoms with Crippen LogP contribution in [-0.2, 0) is 4.74 Å². The topological polar surface area (TPSA) is 29.5 Å². The fourth-order valence-electron chi connectivity index (χ4n) is 1.99. The molecule has 0 fully saturated rings. The van der Waals surface area contributed by atoms with E-state index in [9.17, 15) is 13.9 Å². The van der Waals surface area contributed by atoms with Crippen LogP contribution in [0.3, 0.4) is 0 Å². The maximum absolute atomic E-state index is 13.7. The molecule has 0 saturated carbocycles. The predicted octanol–water partition coefficient (Wildman–Crippen LogP) is 3.39. The number of hydrogen-bond acceptors (Lipinski definition) is 2. The first kappa shape index (κ1) is 13.6. The average Bonchev–Trinajstić information content (AvgIpc) is 2.43. The van der Waals surface area contributed by atoms with Crippen LogP contribution in [-0.4, -0.2) is 12.2 Å². The molecule has 2 rings (SSSR count). The van der Waals surface area contributed by atoms with Gasteiger partial charge in [0.05, 0.1) is 0 Å². The number of benzene rings is 2. The van der Waals surface area contributed by atoms with Gasteiger partial charge in [0.2, 0.25) is 0 Å². The maximum atomic E-state index is 13.7. The van der Waals surface area contributed by atoms with E-state index in [1.54, 1.807) is 24.3 Å². The lowest BCUT2D eigenvalue weighted by Crippen LogP contribution is -2.14. The minimum atomic E-state index is -1.27. The third-order valence-electron chi connectivity index (χ3n) is 2.95. The molecule has 0 aliphatic heterocycles. The molecule has 2 atom stereocenters. The Morgan fingerprint density at radius 1 is 1.05 bits per heavy atom. The molecule has 4 heteroatoms. The van der Waals surface area contributed by atoms with Crippen LogP contribution in [0.4, 0.5) is 8.78 Å². The zero-order chi connectivity index (χ0) is 13.8. The van der Waals surface area contributed by atoms with Crippen LogP contribution in [0.5, 0.6) is 0 Å². The standard InChI is InChI=1S/C15H14F2O2/c1-19-15(10-5-3-2-4-6-10)14(18)12-9-11(16)7-8-13(12)17/h2-9,14-15,18H,1H3. The Balaban J connectivity index is 2.36. The normalized spacial score (nSPS) is 14.1. The molecule has 2 aromatic rings. The Morgan fingerprint density at radius 3 is 2.37 bits per heavy atom. The van der Waals surface area contributed by atoms with Gasteiger partial charge in [-0.3, -0.25) is 0 Å². The van der Waals surface area contributed by atoms with Gasteiger partial charge in [0.25, 0.3) is 0 Å². The van der Waals surface area contributed by atoms with Crippen molar-refractivity contribution in [3.8, 4) is 0 Å². The van der Waals surface area contributed by atoms with E-state index in [4.69, 9.17) is 4.74 Å². The second-order valence-corrected chi connectivity index (χ2v) is 4.18. The number of aliphatic hydroxyl groups excluding tert-OH is 1. The van der Waals surface area contributed by atoms with Gasteiger partial charge in [-0.1, -0.05) is 30.3 Å². The van der Waals surface area contributed by atoms with Crippen molar-refractivity contribution < 1.29 is 18.6 Å². The molecule has 2 nitrogen and oxygen atoms in total. The molecule has 0 aliphatic rings. The van der Waals surface area contributed by atoms with Crippen LogP contribution < -0.4 is 0 Å². The largest absolute Gasteiger partial charge is 0.385 e. The van der Waals surface area contributed by atoms with Crippen molar-refractivity contribution in [1.29, 1.82) is 0 Å². The molecule has 0 aliphatic carbocycles. The van der Waals surface area contributed by atoms with Crippen LogP contribution >= 0.6 is 0 Å². The summed E-state index contributed by atoms with van der Waals surface area (Å²) in [4.78, 5) is 0. The molecule has 2 aromatic carbocycles. The Kier molecular flexibility index (Phi) is 4.24. The summed E-state index contributed by atoms with van der Waals surface area (Å²) in [6, 6.07) is 11.9. The first-order chi connectivity index (χ1) is 9.13. The van der Waals surface area contributed by atoms with Gasteiger partial charge in [-0.15, -0.1) is 0 Å². The van der Waals surface area contributed by atoms with Crippen molar-refractivity contribution in [2.75, 3.05) is 7.11 Å². The minimum absolute atomic E-state index is 0.115. The fourth-order valence-corrected chi connectivity index (χ4v) is 1.99. The average molecular weight is 264 g/mol. The Hall–Kier alpha value is -1.78. The quantitative estimate of drug-likeness (QED) is 0.917. The molecule has 1 N–H and O–H groups in total. The minimum Gasteiger partial charge on any atom is -0.385 e. The summed E-state index contributed by atoms with van der Waals surface area (Å²) in [5.74, 6) is -1.26. The first-order valence-electron chi connectivity index (χ1n) is 5.84. The predicted molar refractivity (Wildman–Crippen MR) is 67.5 cm³/mol. The van der Waals surface area contributed by atoms with Gasteiger partial charge in [-0.05, 0) is 23.8 Å². The Morgan fingerprint density at radius 2 is 1.74 bits per heavy atom. The van der Waals surface area contributed by atoms with Gasteiger partial charge in [0.1, 0.15) is 23.8 Å². The summed E-state index contributed by atoms with van der Waals surface area (Å²) in [5.41, 5.74) is 0.580. The Bertz CT molecular complexity index is 543. The summed E-state index contributed by atoms with van der Waals surface area (Å²) < 4.78 is 32.0. The highest BCUT2D eigenvalue weighted by Crippen LogP contribution is 2.32. The number of rotatable bonds is 4. The third-order valence-corrected chi connectivity index (χ3v) is 2.95. The summed E-state index contributed by atoms with van der Waals surface area (Å²) >= 11 is 0. The van der Waals surface area contributed by atoms with Crippen LogP contribution in [0.2, 0.25) is 0 Å². The van der Waals surface area contributed by atoms with Crippen molar-refractivity contribution in [3.05, 3.63) is 71.3 Å². The number of aliphatic hydroxyl groups is 1. The zero-order valence-corrected chi connectivity index (χ0v) is 10.4. The molecule has 19 heavy (non-hydrogen) atoms. The van der Waals surface area contributed by atoms with Crippen LogP contribution in [0, 0.1) is 11.6 Å². The van der Waals surface area contributed by atoms with Crippen LogP contribution in [0.15, 0.2) is 48.5 Å². The van der Waals surface area contributed by atoms with Crippen molar-refractivity contribution in [3.63, 3.8) is 0 Å². The number of methoxy groups -OCH3 is 1. The molecule has 0 heterocycles. The van der Waals surface area contributed by atoms with Crippen molar-refractivity contribution in [2.24, 2.45) is 0 Å². The molecule has 0 amide bonds. The Labute approximate surface area is 110 Å². The second kappa shape index (κ2) is 5.91. The zero-order valence-electron chi connectivity index (χ0n) is 10.4. The molecule has 0 bridgehead atoms. The second-order valence-electron chi connectivity index (χ2n) is 4.18. The lowest BCUT2D eigenvalue weighted by molar-refractivity contribution is -0.0166. The molecule has 0 radical (unpaired) electrons. The molecular formula is C15H14F2O2. The summed E-state index contributed by atoms with van der Waals surface area (Å²) in [7, 11) is 1.41. The summed E-state index contributed by atoms with van der Waals surface area (Å²) in [5, 5.41) is 10.2. The smallest absolute Gasteiger partial charge is 0.129 e. The first-order valence-corrected chi connectivity index (χ1v) is 5.84. The molecule has 0 aromatic heterocycles. The van der Waals surface area contributed by atoms with E-state index in [0.717, 1.165) is 18.2 Å². The van der Waals surface area contributed by atoms with E-state index in [1.165, 1.54) is 7.11 Å². The SMILES string of the molecule is COC(c1ccccc1)C(O)c1cc(F)ccc1F. The highest BCUT2D eigenvalue weighted by molar-refractivity contribution is 5.26. The van der Waals surface area contributed by atoms with Crippen LogP contribution in [0.1, 0.15) is 23.3 Å². The van der Waals surface area contributed by atoms with Crippen molar-refractivity contribution >= 4 is 0 Å². The number of hydrogen-bond donors (Lipinski definition) is 1. The van der Waals surface area contributed by atoms with E-state index < -0.39 is 23.8 Å². The number of ether oxygens (including phenoxy) is 1. The van der Waals surface area contributed by atoms with Gasteiger partial charge in [-0.25, -0.2) is 8.78 Å². The van der Waals surface area contributed by atoms with E-state index in [-0.39, 0.29) is 5.56 Å². The third kappa shape index (κ3) is 2.97. The molecular weight excluding hydrogens is 250 g/mol. The van der Waals surface area contributed by atoms with Gasteiger partial charge in [-0.2, -0.15) is 0 Å². The van der Waals surface area contributed by atoms with Crippen molar-refractivity contribution in [1.82, 2.24) is 0 Å². The molecule has 0 spiro atoms. The highest BCUT2D eigenvalue weighted by atomic mass is 19.1. The molecule has 2 unspecified atom stereocenters.